The highest BCUT2D eigenvalue weighted by molar-refractivity contribution is 7.20. The standard InChI is InChI=1S/C29H24N6O3S2/c1-17-8-10-18(11-9-17)26(36)33-28-23(21-6-5-15-39-21)32-27(40-28)19-16-20-25(35(24(19)30)13-14-38-2)31-22-7-3-4-12-34(22)29(20)37/h3-12,15-16,30H,13-14H2,1-2H3,(H,33,36). The predicted octanol–water partition coefficient (Wildman–Crippen LogP) is 5.19. The SMILES string of the molecule is COCCn1c(=N)c(-c2nc(-c3cccs3)c(NC(=O)c3ccc(C)cc3)s2)cc2c(=O)n3ccccc3nc21. The Bertz CT molecular complexity index is 1990. The van der Waals surface area contributed by atoms with Crippen LogP contribution in [0.4, 0.5) is 5.00 Å². The number of fused-ring (bicyclic) bond motifs is 2. The molecule has 200 valence electrons. The van der Waals surface area contributed by atoms with E-state index in [-0.39, 0.29) is 17.0 Å². The van der Waals surface area contributed by atoms with Crippen LogP contribution in [0.25, 0.3) is 37.8 Å². The number of amides is 1. The second-order valence-electron chi connectivity index (χ2n) is 9.13. The van der Waals surface area contributed by atoms with E-state index < -0.39 is 0 Å². The van der Waals surface area contributed by atoms with Crippen LogP contribution in [-0.4, -0.2) is 38.6 Å². The summed E-state index contributed by atoms with van der Waals surface area (Å²) in [6.45, 7) is 2.63. The van der Waals surface area contributed by atoms with Gasteiger partial charge < -0.3 is 14.6 Å². The van der Waals surface area contributed by atoms with Crippen molar-refractivity contribution >= 4 is 50.3 Å². The van der Waals surface area contributed by atoms with Crippen molar-refractivity contribution in [2.75, 3.05) is 19.0 Å². The number of rotatable bonds is 7. The Morgan fingerprint density at radius 2 is 1.93 bits per heavy atom. The van der Waals surface area contributed by atoms with Crippen molar-refractivity contribution in [2.45, 2.75) is 13.5 Å². The fraction of sp³-hybridized carbons (Fsp3) is 0.138. The van der Waals surface area contributed by atoms with Gasteiger partial charge in [0.2, 0.25) is 0 Å². The normalized spacial score (nSPS) is 11.3. The Morgan fingerprint density at radius 1 is 1.10 bits per heavy atom. The molecule has 0 saturated carbocycles. The largest absolute Gasteiger partial charge is 0.383 e. The molecule has 0 atom stereocenters. The summed E-state index contributed by atoms with van der Waals surface area (Å²) >= 11 is 2.78. The topological polar surface area (TPSA) is 114 Å². The molecule has 0 fully saturated rings. The summed E-state index contributed by atoms with van der Waals surface area (Å²) in [4.78, 5) is 37.2. The number of ether oxygens (including phenoxy) is 1. The second-order valence-corrected chi connectivity index (χ2v) is 11.1. The zero-order chi connectivity index (χ0) is 27.8. The number of carbonyl (C=O) groups is 1. The lowest BCUT2D eigenvalue weighted by Gasteiger charge is -2.13. The van der Waals surface area contributed by atoms with E-state index in [9.17, 15) is 9.59 Å². The highest BCUT2D eigenvalue weighted by atomic mass is 32.1. The van der Waals surface area contributed by atoms with E-state index in [0.717, 1.165) is 10.4 Å². The Morgan fingerprint density at radius 3 is 2.67 bits per heavy atom. The Balaban J connectivity index is 1.54. The van der Waals surface area contributed by atoms with Gasteiger partial charge in [0.15, 0.2) is 0 Å². The van der Waals surface area contributed by atoms with Gasteiger partial charge in [-0.3, -0.25) is 19.4 Å². The molecule has 0 aliphatic heterocycles. The molecule has 0 aliphatic carbocycles. The molecule has 0 aliphatic rings. The number of aryl methyl sites for hydroxylation is 1. The first-order chi connectivity index (χ1) is 19.4. The molecule has 2 N–H and O–H groups in total. The third-order valence-corrected chi connectivity index (χ3v) is 8.37. The van der Waals surface area contributed by atoms with Crippen LogP contribution in [-0.2, 0) is 11.3 Å². The van der Waals surface area contributed by atoms with E-state index >= 15 is 0 Å². The number of aromatic nitrogens is 4. The van der Waals surface area contributed by atoms with Gasteiger partial charge in [-0.25, -0.2) is 9.97 Å². The summed E-state index contributed by atoms with van der Waals surface area (Å²) in [6.07, 6.45) is 1.68. The van der Waals surface area contributed by atoms with Crippen LogP contribution in [0.5, 0.6) is 0 Å². The molecular formula is C29H24N6O3S2. The summed E-state index contributed by atoms with van der Waals surface area (Å²) in [5.41, 5.74) is 3.50. The number of hydrogen-bond acceptors (Lipinski definition) is 8. The smallest absolute Gasteiger partial charge is 0.267 e. The minimum atomic E-state index is -0.248. The molecule has 11 heteroatoms. The molecule has 5 aromatic heterocycles. The molecule has 0 bridgehead atoms. The van der Waals surface area contributed by atoms with Gasteiger partial charge in [0.1, 0.15) is 32.5 Å². The average molecular weight is 569 g/mol. The van der Waals surface area contributed by atoms with Crippen LogP contribution in [0.1, 0.15) is 15.9 Å². The van der Waals surface area contributed by atoms with Crippen LogP contribution in [0.3, 0.4) is 0 Å². The monoisotopic (exact) mass is 568 g/mol. The van der Waals surface area contributed by atoms with Crippen molar-refractivity contribution in [3.8, 4) is 21.1 Å². The van der Waals surface area contributed by atoms with Crippen LogP contribution in [0.15, 0.2) is 77.0 Å². The molecule has 0 radical (unpaired) electrons. The van der Waals surface area contributed by atoms with Gasteiger partial charge in [-0.1, -0.05) is 41.2 Å². The lowest BCUT2D eigenvalue weighted by Crippen LogP contribution is -2.28. The van der Waals surface area contributed by atoms with E-state index in [1.54, 1.807) is 48.2 Å². The highest BCUT2D eigenvalue weighted by Crippen LogP contribution is 2.39. The van der Waals surface area contributed by atoms with Crippen molar-refractivity contribution in [3.63, 3.8) is 0 Å². The van der Waals surface area contributed by atoms with Gasteiger partial charge in [0.05, 0.1) is 22.4 Å². The molecule has 5 heterocycles. The molecule has 6 rings (SSSR count). The third-order valence-electron chi connectivity index (χ3n) is 6.49. The first kappa shape index (κ1) is 25.8. The number of thiophene rings is 1. The number of nitrogens with one attached hydrogen (secondary N) is 2. The van der Waals surface area contributed by atoms with E-state index in [0.29, 0.717) is 56.7 Å². The third kappa shape index (κ3) is 4.64. The maximum absolute atomic E-state index is 13.5. The lowest BCUT2D eigenvalue weighted by molar-refractivity contribution is 0.102. The van der Waals surface area contributed by atoms with Crippen LogP contribution < -0.4 is 16.4 Å². The van der Waals surface area contributed by atoms with Crippen molar-refractivity contribution in [1.29, 1.82) is 5.41 Å². The molecule has 1 amide bonds. The summed E-state index contributed by atoms with van der Waals surface area (Å²) in [5.74, 6) is -0.248. The Kier molecular flexibility index (Phi) is 6.84. The highest BCUT2D eigenvalue weighted by Gasteiger charge is 2.21. The van der Waals surface area contributed by atoms with Gasteiger partial charge in [-0.05, 0) is 48.7 Å². The molecule has 0 unspecified atom stereocenters. The number of methoxy groups -OCH3 is 1. The summed E-state index contributed by atoms with van der Waals surface area (Å²) in [6, 6.07) is 18.2. The van der Waals surface area contributed by atoms with Gasteiger partial charge in [-0.15, -0.1) is 11.3 Å². The summed E-state index contributed by atoms with van der Waals surface area (Å²) in [7, 11) is 1.59. The second kappa shape index (κ2) is 10.6. The number of nitrogens with zero attached hydrogens (tertiary/aromatic N) is 4. The van der Waals surface area contributed by atoms with Gasteiger partial charge in [0.25, 0.3) is 11.5 Å². The predicted molar refractivity (Wildman–Crippen MR) is 158 cm³/mol. The quantitative estimate of drug-likeness (QED) is 0.257. The molecule has 40 heavy (non-hydrogen) atoms. The first-order valence-corrected chi connectivity index (χ1v) is 14.2. The molecule has 0 saturated heterocycles. The number of pyridine rings is 2. The number of anilines is 1. The van der Waals surface area contributed by atoms with Crippen molar-refractivity contribution in [2.24, 2.45) is 0 Å². The number of hydrogen-bond donors (Lipinski definition) is 2. The molecule has 1 aromatic carbocycles. The molecule has 0 spiro atoms. The molecule has 9 nitrogen and oxygen atoms in total. The van der Waals surface area contributed by atoms with Gasteiger partial charge in [-0.2, -0.15) is 0 Å². The summed E-state index contributed by atoms with van der Waals surface area (Å²) in [5, 5.41) is 15.5. The van der Waals surface area contributed by atoms with Gasteiger partial charge in [0, 0.05) is 25.4 Å². The zero-order valence-corrected chi connectivity index (χ0v) is 23.3. The first-order valence-electron chi connectivity index (χ1n) is 12.5. The maximum Gasteiger partial charge on any atom is 0.267 e. The fourth-order valence-electron chi connectivity index (χ4n) is 4.43. The minimum Gasteiger partial charge on any atom is -0.383 e. The average Bonchev–Trinajstić information content (AvgIpc) is 3.63. The van der Waals surface area contributed by atoms with Crippen LogP contribution in [0, 0.1) is 12.3 Å². The zero-order valence-electron chi connectivity index (χ0n) is 21.7. The molecule has 6 aromatic rings. The number of carbonyl (C=O) groups excluding carboxylic acids is 1. The minimum absolute atomic E-state index is 0.152. The number of benzene rings is 1. The maximum atomic E-state index is 13.5. The summed E-state index contributed by atoms with van der Waals surface area (Å²) < 4.78 is 8.47. The van der Waals surface area contributed by atoms with Crippen molar-refractivity contribution < 1.29 is 9.53 Å². The van der Waals surface area contributed by atoms with Crippen LogP contribution >= 0.6 is 22.7 Å². The molecular weight excluding hydrogens is 544 g/mol. The van der Waals surface area contributed by atoms with Crippen molar-refractivity contribution in [1.82, 2.24) is 18.9 Å². The Hall–Kier alpha value is -4.45. The lowest BCUT2D eigenvalue weighted by atomic mass is 10.1. The number of thiazole rings is 1. The van der Waals surface area contributed by atoms with Crippen LogP contribution in [0.2, 0.25) is 0 Å². The van der Waals surface area contributed by atoms with E-state index in [1.165, 1.54) is 27.1 Å². The Labute approximate surface area is 236 Å². The van der Waals surface area contributed by atoms with E-state index in [4.69, 9.17) is 20.1 Å². The van der Waals surface area contributed by atoms with Gasteiger partial charge >= 0.3 is 0 Å². The fourth-order valence-corrected chi connectivity index (χ4v) is 6.21. The van der Waals surface area contributed by atoms with E-state index in [1.807, 2.05) is 42.6 Å². The van der Waals surface area contributed by atoms with E-state index in [2.05, 4.69) is 5.32 Å². The van der Waals surface area contributed by atoms with Crippen molar-refractivity contribution in [3.05, 3.63) is 99.2 Å².